The molecular weight excluding hydrogens is 336 g/mol. The molecule has 1 saturated heterocycles. The van der Waals surface area contributed by atoms with E-state index >= 15 is 0 Å². The van der Waals surface area contributed by atoms with Crippen LogP contribution in [-0.4, -0.2) is 49.0 Å². The van der Waals surface area contributed by atoms with Gasteiger partial charge in [0.15, 0.2) is 0 Å². The van der Waals surface area contributed by atoms with Crippen LogP contribution in [0, 0.1) is 6.92 Å². The molecule has 4 nitrogen and oxygen atoms in total. The van der Waals surface area contributed by atoms with Crippen molar-refractivity contribution in [2.75, 3.05) is 33.3 Å². The van der Waals surface area contributed by atoms with Crippen LogP contribution >= 0.6 is 0 Å². The lowest BCUT2D eigenvalue weighted by molar-refractivity contribution is -0.131. The van der Waals surface area contributed by atoms with Gasteiger partial charge in [0, 0.05) is 39.1 Å². The number of hydrogen-bond donors (Lipinski definition) is 0. The van der Waals surface area contributed by atoms with E-state index in [0.717, 1.165) is 51.3 Å². The number of nitrogens with zero attached hydrogens (tertiary/aromatic N) is 2. The van der Waals surface area contributed by atoms with Gasteiger partial charge in [0.25, 0.3) is 0 Å². The van der Waals surface area contributed by atoms with Gasteiger partial charge in [-0.2, -0.15) is 0 Å². The van der Waals surface area contributed by atoms with Crippen LogP contribution in [-0.2, 0) is 17.8 Å². The lowest BCUT2D eigenvalue weighted by Gasteiger charge is -2.22. The van der Waals surface area contributed by atoms with Gasteiger partial charge in [-0.25, -0.2) is 0 Å². The molecule has 0 unspecified atom stereocenters. The molecule has 0 radical (unpaired) electrons. The van der Waals surface area contributed by atoms with E-state index in [1.807, 2.05) is 17.0 Å². The third-order valence-corrected chi connectivity index (χ3v) is 5.25. The van der Waals surface area contributed by atoms with Crippen LogP contribution in [0.2, 0.25) is 0 Å². The number of benzene rings is 2. The fraction of sp³-hybridized carbons (Fsp3) is 0.435. The largest absolute Gasteiger partial charge is 0.497 e. The Hall–Kier alpha value is -2.33. The summed E-state index contributed by atoms with van der Waals surface area (Å²) in [5.74, 6) is 1.17. The molecule has 1 aliphatic heterocycles. The third-order valence-electron chi connectivity index (χ3n) is 5.25. The third kappa shape index (κ3) is 5.83. The molecular formula is C23H30N2O2. The molecule has 0 N–H and O–H groups in total. The minimum absolute atomic E-state index is 0.280. The summed E-state index contributed by atoms with van der Waals surface area (Å²) < 4.78 is 5.22. The smallest absolute Gasteiger partial charge is 0.222 e. The van der Waals surface area contributed by atoms with Crippen LogP contribution in [0.15, 0.2) is 48.5 Å². The molecule has 2 aromatic carbocycles. The topological polar surface area (TPSA) is 32.8 Å². The van der Waals surface area contributed by atoms with E-state index in [1.165, 1.54) is 16.7 Å². The van der Waals surface area contributed by atoms with E-state index in [4.69, 9.17) is 4.74 Å². The molecule has 0 spiro atoms. The molecule has 4 heteroatoms. The average Bonchev–Trinajstić information content (AvgIpc) is 2.93. The van der Waals surface area contributed by atoms with Crippen LogP contribution in [0.4, 0.5) is 0 Å². The summed E-state index contributed by atoms with van der Waals surface area (Å²) in [7, 11) is 1.69. The number of aryl methyl sites for hydroxylation is 2. The molecule has 144 valence electrons. The Morgan fingerprint density at radius 3 is 2.33 bits per heavy atom. The fourth-order valence-corrected chi connectivity index (χ4v) is 3.53. The first-order valence-electron chi connectivity index (χ1n) is 9.82. The van der Waals surface area contributed by atoms with Crippen LogP contribution in [0.1, 0.15) is 29.5 Å². The highest BCUT2D eigenvalue weighted by Crippen LogP contribution is 2.15. The van der Waals surface area contributed by atoms with Gasteiger partial charge < -0.3 is 9.64 Å². The monoisotopic (exact) mass is 366 g/mol. The van der Waals surface area contributed by atoms with E-state index < -0.39 is 0 Å². The number of rotatable bonds is 6. The molecule has 1 heterocycles. The fourth-order valence-electron chi connectivity index (χ4n) is 3.53. The molecule has 3 rings (SSSR count). The molecule has 1 amide bonds. The first-order chi connectivity index (χ1) is 13.1. The van der Waals surface area contributed by atoms with Crippen LogP contribution in [0.25, 0.3) is 0 Å². The second-order valence-electron chi connectivity index (χ2n) is 7.34. The van der Waals surface area contributed by atoms with Gasteiger partial charge in [-0.1, -0.05) is 42.0 Å². The van der Waals surface area contributed by atoms with Crippen LogP contribution < -0.4 is 4.74 Å². The molecule has 1 aliphatic rings. The summed E-state index contributed by atoms with van der Waals surface area (Å²) >= 11 is 0. The van der Waals surface area contributed by atoms with Crippen molar-refractivity contribution >= 4 is 5.91 Å². The number of ether oxygens (including phenoxy) is 1. The zero-order valence-electron chi connectivity index (χ0n) is 16.5. The average molecular weight is 367 g/mol. The Bertz CT molecular complexity index is 725. The van der Waals surface area contributed by atoms with Gasteiger partial charge in [0.2, 0.25) is 5.91 Å². The van der Waals surface area contributed by atoms with Crippen molar-refractivity contribution < 1.29 is 9.53 Å². The molecule has 1 fully saturated rings. The predicted molar refractivity (Wildman–Crippen MR) is 109 cm³/mol. The van der Waals surface area contributed by atoms with Crippen molar-refractivity contribution in [2.24, 2.45) is 0 Å². The zero-order valence-corrected chi connectivity index (χ0v) is 16.5. The Balaban J connectivity index is 1.46. The van der Waals surface area contributed by atoms with Crippen molar-refractivity contribution in [3.63, 3.8) is 0 Å². The van der Waals surface area contributed by atoms with Gasteiger partial charge in [-0.3, -0.25) is 9.69 Å². The first kappa shape index (κ1) is 19.4. The summed E-state index contributed by atoms with van der Waals surface area (Å²) in [4.78, 5) is 17.1. The highest BCUT2D eigenvalue weighted by Gasteiger charge is 2.19. The Morgan fingerprint density at radius 2 is 1.63 bits per heavy atom. The van der Waals surface area contributed by atoms with Crippen molar-refractivity contribution in [3.05, 3.63) is 65.2 Å². The van der Waals surface area contributed by atoms with Crippen molar-refractivity contribution in [3.8, 4) is 5.75 Å². The summed E-state index contributed by atoms with van der Waals surface area (Å²) in [5.41, 5.74) is 3.79. The highest BCUT2D eigenvalue weighted by molar-refractivity contribution is 5.76. The maximum Gasteiger partial charge on any atom is 0.222 e. The van der Waals surface area contributed by atoms with Gasteiger partial charge >= 0.3 is 0 Å². The van der Waals surface area contributed by atoms with Gasteiger partial charge in [-0.15, -0.1) is 0 Å². The zero-order chi connectivity index (χ0) is 19.1. The number of carbonyl (C=O) groups is 1. The van der Waals surface area contributed by atoms with Gasteiger partial charge in [0.1, 0.15) is 5.75 Å². The summed E-state index contributed by atoms with van der Waals surface area (Å²) in [6.45, 7) is 6.67. The highest BCUT2D eigenvalue weighted by atomic mass is 16.5. The van der Waals surface area contributed by atoms with Gasteiger partial charge in [0.05, 0.1) is 7.11 Å². The van der Waals surface area contributed by atoms with Gasteiger partial charge in [-0.05, 0) is 43.0 Å². The normalized spacial score (nSPS) is 15.4. The minimum Gasteiger partial charge on any atom is -0.497 e. The van der Waals surface area contributed by atoms with E-state index in [9.17, 15) is 4.79 Å². The summed E-state index contributed by atoms with van der Waals surface area (Å²) in [6, 6.07) is 16.7. The molecule has 2 aromatic rings. The number of amides is 1. The Morgan fingerprint density at radius 1 is 0.926 bits per heavy atom. The lowest BCUT2D eigenvalue weighted by atomic mass is 10.1. The van der Waals surface area contributed by atoms with Crippen LogP contribution in [0.5, 0.6) is 5.75 Å². The second-order valence-corrected chi connectivity index (χ2v) is 7.34. The maximum atomic E-state index is 12.6. The van der Waals surface area contributed by atoms with Crippen LogP contribution in [0.3, 0.4) is 0 Å². The predicted octanol–water partition coefficient (Wildman–Crippen LogP) is 3.67. The maximum absolute atomic E-state index is 12.6. The number of methoxy groups -OCH3 is 1. The standard InChI is InChI=1S/C23H30N2O2/c1-19-4-6-20(7-5-19)10-13-23(26)25-15-3-14-24(16-17-25)18-21-8-11-22(27-2)12-9-21/h4-9,11-12H,3,10,13-18H2,1-2H3. The Kier molecular flexibility index (Phi) is 6.88. The molecule has 0 saturated carbocycles. The Labute approximate surface area is 162 Å². The SMILES string of the molecule is COc1ccc(CN2CCCN(C(=O)CCc3ccc(C)cc3)CC2)cc1. The minimum atomic E-state index is 0.280. The molecule has 0 aliphatic carbocycles. The summed E-state index contributed by atoms with van der Waals surface area (Å²) in [6.07, 6.45) is 2.46. The quantitative estimate of drug-likeness (QED) is 0.782. The molecule has 0 aromatic heterocycles. The first-order valence-corrected chi connectivity index (χ1v) is 9.82. The van der Waals surface area contributed by atoms with Crippen molar-refractivity contribution in [2.45, 2.75) is 32.7 Å². The van der Waals surface area contributed by atoms with E-state index in [0.29, 0.717) is 6.42 Å². The van der Waals surface area contributed by atoms with Crippen molar-refractivity contribution in [1.29, 1.82) is 0 Å². The second kappa shape index (κ2) is 9.56. The van der Waals surface area contributed by atoms with E-state index in [-0.39, 0.29) is 5.91 Å². The van der Waals surface area contributed by atoms with E-state index in [1.54, 1.807) is 7.11 Å². The lowest BCUT2D eigenvalue weighted by Crippen LogP contribution is -2.35. The molecule has 27 heavy (non-hydrogen) atoms. The van der Waals surface area contributed by atoms with E-state index in [2.05, 4.69) is 48.2 Å². The molecule has 0 atom stereocenters. The van der Waals surface area contributed by atoms with Crippen molar-refractivity contribution in [1.82, 2.24) is 9.80 Å². The molecule has 0 bridgehead atoms. The number of hydrogen-bond acceptors (Lipinski definition) is 3. The summed E-state index contributed by atoms with van der Waals surface area (Å²) in [5, 5.41) is 0. The number of carbonyl (C=O) groups excluding carboxylic acids is 1.